The van der Waals surface area contributed by atoms with Crippen molar-refractivity contribution >= 4 is 29.4 Å². The summed E-state index contributed by atoms with van der Waals surface area (Å²) in [4.78, 5) is 48.5. The van der Waals surface area contributed by atoms with Gasteiger partial charge in [0.25, 0.3) is 5.91 Å². The van der Waals surface area contributed by atoms with Crippen LogP contribution in [0.3, 0.4) is 0 Å². The summed E-state index contributed by atoms with van der Waals surface area (Å²) >= 11 is 0. The number of esters is 2. The highest BCUT2D eigenvalue weighted by molar-refractivity contribution is 5.97. The number of amides is 2. The Morgan fingerprint density at radius 2 is 2.03 bits per heavy atom. The second-order valence-corrected chi connectivity index (χ2v) is 7.73. The van der Waals surface area contributed by atoms with Crippen LogP contribution in [0.4, 0.5) is 5.69 Å². The molecule has 3 atom stereocenters. The molecule has 9 heteroatoms. The number of anilines is 1. The topological polar surface area (TPSA) is 123 Å². The van der Waals surface area contributed by atoms with Crippen LogP contribution in [-0.2, 0) is 30.3 Å². The Bertz CT molecular complexity index is 856. The normalized spacial score (nSPS) is 19.4. The first-order valence-corrected chi connectivity index (χ1v) is 10.6. The Labute approximate surface area is 181 Å². The highest BCUT2D eigenvalue weighted by atomic mass is 16.5. The highest BCUT2D eigenvalue weighted by Crippen LogP contribution is 2.39. The Morgan fingerprint density at radius 3 is 2.77 bits per heavy atom. The van der Waals surface area contributed by atoms with Crippen molar-refractivity contribution in [2.75, 3.05) is 32.1 Å². The molecule has 0 bridgehead atoms. The maximum absolute atomic E-state index is 12.6. The van der Waals surface area contributed by atoms with Gasteiger partial charge in [-0.05, 0) is 56.4 Å². The van der Waals surface area contributed by atoms with E-state index < -0.39 is 12.0 Å². The molecule has 9 nitrogen and oxygen atoms in total. The summed E-state index contributed by atoms with van der Waals surface area (Å²) in [6.45, 7) is 3.21. The van der Waals surface area contributed by atoms with Crippen molar-refractivity contribution < 1.29 is 28.7 Å². The minimum atomic E-state index is -0.811. The third-order valence-electron chi connectivity index (χ3n) is 5.55. The fraction of sp³-hybridized carbons (Fsp3) is 0.545. The SMILES string of the molecule is CCOC(=O)C1CC1C(=O)NCCC[C@H](NC(=O)c1ccc2c(c1)CCN2)C(=O)OC. The maximum atomic E-state index is 12.6. The number of methoxy groups -OCH3 is 1. The zero-order valence-electron chi connectivity index (χ0n) is 17.9. The predicted molar refractivity (Wildman–Crippen MR) is 112 cm³/mol. The minimum Gasteiger partial charge on any atom is -0.467 e. The summed E-state index contributed by atoms with van der Waals surface area (Å²) in [6, 6.07) is 4.60. The van der Waals surface area contributed by atoms with Crippen molar-refractivity contribution in [3.63, 3.8) is 0 Å². The number of rotatable bonds is 10. The fourth-order valence-corrected chi connectivity index (χ4v) is 3.72. The van der Waals surface area contributed by atoms with Gasteiger partial charge in [-0.2, -0.15) is 0 Å². The fourth-order valence-electron chi connectivity index (χ4n) is 3.72. The largest absolute Gasteiger partial charge is 0.467 e. The lowest BCUT2D eigenvalue weighted by Crippen LogP contribution is -2.42. The quantitative estimate of drug-likeness (QED) is 0.373. The average molecular weight is 431 g/mol. The third kappa shape index (κ3) is 5.74. The summed E-state index contributed by atoms with van der Waals surface area (Å²) in [5.41, 5.74) is 2.59. The molecule has 0 saturated heterocycles. The molecule has 2 unspecified atom stereocenters. The third-order valence-corrected chi connectivity index (χ3v) is 5.55. The van der Waals surface area contributed by atoms with E-state index in [2.05, 4.69) is 16.0 Å². The first-order valence-electron chi connectivity index (χ1n) is 10.6. The molecular weight excluding hydrogens is 402 g/mol. The number of carbonyl (C=O) groups is 4. The van der Waals surface area contributed by atoms with E-state index in [0.717, 1.165) is 24.2 Å². The Balaban J connectivity index is 1.45. The van der Waals surface area contributed by atoms with Gasteiger partial charge in [0.05, 0.1) is 25.6 Å². The number of hydrogen-bond donors (Lipinski definition) is 3. The molecule has 1 saturated carbocycles. The number of benzene rings is 1. The number of fused-ring (bicyclic) bond motifs is 1. The van der Waals surface area contributed by atoms with Crippen molar-refractivity contribution in [1.82, 2.24) is 10.6 Å². The van der Waals surface area contributed by atoms with Crippen LogP contribution in [0.1, 0.15) is 42.1 Å². The molecule has 1 aromatic carbocycles. The van der Waals surface area contributed by atoms with Gasteiger partial charge in [-0.1, -0.05) is 0 Å². The number of hydrogen-bond acceptors (Lipinski definition) is 7. The van der Waals surface area contributed by atoms with Crippen LogP contribution in [0.2, 0.25) is 0 Å². The lowest BCUT2D eigenvalue weighted by Gasteiger charge is -2.17. The predicted octanol–water partition coefficient (Wildman–Crippen LogP) is 1.02. The van der Waals surface area contributed by atoms with Gasteiger partial charge in [-0.3, -0.25) is 14.4 Å². The van der Waals surface area contributed by atoms with E-state index in [4.69, 9.17) is 9.47 Å². The van der Waals surface area contributed by atoms with E-state index in [1.807, 2.05) is 12.1 Å². The van der Waals surface area contributed by atoms with Gasteiger partial charge in [0.2, 0.25) is 5.91 Å². The van der Waals surface area contributed by atoms with E-state index in [1.54, 1.807) is 13.0 Å². The molecule has 3 N–H and O–H groups in total. The summed E-state index contributed by atoms with van der Waals surface area (Å²) < 4.78 is 9.74. The molecule has 1 heterocycles. The van der Waals surface area contributed by atoms with Crippen molar-refractivity contribution in [2.45, 2.75) is 38.6 Å². The summed E-state index contributed by atoms with van der Waals surface area (Å²) in [7, 11) is 1.27. The van der Waals surface area contributed by atoms with E-state index in [1.165, 1.54) is 7.11 Å². The van der Waals surface area contributed by atoms with E-state index in [9.17, 15) is 19.2 Å². The molecule has 168 valence electrons. The van der Waals surface area contributed by atoms with E-state index in [-0.39, 0.29) is 29.6 Å². The molecule has 1 aliphatic carbocycles. The van der Waals surface area contributed by atoms with Crippen molar-refractivity contribution in [3.8, 4) is 0 Å². The van der Waals surface area contributed by atoms with Gasteiger partial charge in [0, 0.05) is 24.3 Å². The van der Waals surface area contributed by atoms with Crippen LogP contribution < -0.4 is 16.0 Å². The van der Waals surface area contributed by atoms with Crippen LogP contribution >= 0.6 is 0 Å². The monoisotopic (exact) mass is 431 g/mol. The first-order chi connectivity index (χ1) is 14.9. The van der Waals surface area contributed by atoms with Crippen LogP contribution in [-0.4, -0.2) is 56.6 Å². The molecule has 2 aliphatic rings. The average Bonchev–Trinajstić information content (AvgIpc) is 3.44. The van der Waals surface area contributed by atoms with Crippen molar-refractivity contribution in [3.05, 3.63) is 29.3 Å². The molecule has 0 aromatic heterocycles. The summed E-state index contributed by atoms with van der Waals surface area (Å²) in [6.07, 6.45) is 2.14. The molecule has 1 aromatic rings. The summed E-state index contributed by atoms with van der Waals surface area (Å²) in [5.74, 6) is -2.10. The lowest BCUT2D eigenvalue weighted by molar-refractivity contribution is -0.146. The molecular formula is C22H29N3O6. The van der Waals surface area contributed by atoms with Crippen LogP contribution in [0.25, 0.3) is 0 Å². The molecule has 1 aliphatic heterocycles. The molecule has 0 radical (unpaired) electrons. The number of nitrogens with one attached hydrogen (secondary N) is 3. The van der Waals surface area contributed by atoms with Gasteiger partial charge >= 0.3 is 11.9 Å². The first kappa shape index (κ1) is 22.6. The van der Waals surface area contributed by atoms with E-state index >= 15 is 0 Å². The zero-order valence-corrected chi connectivity index (χ0v) is 17.9. The van der Waals surface area contributed by atoms with E-state index in [0.29, 0.717) is 38.0 Å². The zero-order chi connectivity index (χ0) is 22.4. The second kappa shape index (κ2) is 10.3. The Hall–Kier alpha value is -3.10. The lowest BCUT2D eigenvalue weighted by atomic mass is 10.1. The van der Waals surface area contributed by atoms with Gasteiger partial charge in [-0.25, -0.2) is 4.79 Å². The second-order valence-electron chi connectivity index (χ2n) is 7.73. The van der Waals surface area contributed by atoms with Gasteiger partial charge in [-0.15, -0.1) is 0 Å². The molecule has 3 rings (SSSR count). The summed E-state index contributed by atoms with van der Waals surface area (Å²) in [5, 5.41) is 8.74. The minimum absolute atomic E-state index is 0.191. The van der Waals surface area contributed by atoms with Gasteiger partial charge in [0.15, 0.2) is 0 Å². The number of carbonyl (C=O) groups excluding carboxylic acids is 4. The van der Waals surface area contributed by atoms with Crippen LogP contribution in [0.15, 0.2) is 18.2 Å². The maximum Gasteiger partial charge on any atom is 0.328 e. The Kier molecular flexibility index (Phi) is 7.49. The molecule has 2 amide bonds. The van der Waals surface area contributed by atoms with Crippen LogP contribution in [0.5, 0.6) is 0 Å². The Morgan fingerprint density at radius 1 is 1.23 bits per heavy atom. The molecule has 0 spiro atoms. The van der Waals surface area contributed by atoms with Crippen molar-refractivity contribution in [2.24, 2.45) is 11.8 Å². The highest BCUT2D eigenvalue weighted by Gasteiger charge is 2.48. The molecule has 1 fully saturated rings. The van der Waals surface area contributed by atoms with Gasteiger partial charge < -0.3 is 25.4 Å². The standard InChI is InChI=1S/C22H29N3O6/c1-3-31-21(28)16-12-15(16)20(27)24-9-4-5-18(22(29)30-2)25-19(26)14-6-7-17-13(11-14)8-10-23-17/h6-7,11,15-16,18,23H,3-5,8-10,12H2,1-2H3,(H,24,27)(H,25,26)/t15?,16?,18-/m0/s1. The molecule has 31 heavy (non-hydrogen) atoms. The van der Waals surface area contributed by atoms with Crippen LogP contribution in [0, 0.1) is 11.8 Å². The smallest absolute Gasteiger partial charge is 0.328 e. The van der Waals surface area contributed by atoms with Gasteiger partial charge in [0.1, 0.15) is 6.04 Å². The van der Waals surface area contributed by atoms with Crippen molar-refractivity contribution in [1.29, 1.82) is 0 Å². The number of ether oxygens (including phenoxy) is 2.